The van der Waals surface area contributed by atoms with E-state index in [1.807, 2.05) is 0 Å². The molecule has 0 aromatic carbocycles. The van der Waals surface area contributed by atoms with Crippen molar-refractivity contribution in [1.29, 1.82) is 0 Å². The zero-order valence-corrected chi connectivity index (χ0v) is 13.4. The predicted molar refractivity (Wildman–Crippen MR) is 86.3 cm³/mol. The zero-order valence-electron chi connectivity index (χ0n) is 12.7. The summed E-state index contributed by atoms with van der Waals surface area (Å²) in [6, 6.07) is 0.907. The van der Waals surface area contributed by atoms with E-state index in [-0.39, 0.29) is 6.15 Å². The number of unbranched alkanes of at least 4 members (excludes halogenated alkanes) is 6. The second-order valence-electron chi connectivity index (χ2n) is 5.84. The first kappa shape index (κ1) is 19.2. The average Bonchev–Trinajstić information content (AvgIpc) is 2.73. The van der Waals surface area contributed by atoms with Gasteiger partial charge in [-0.05, 0) is 19.3 Å². The Morgan fingerprint density at radius 1 is 1.16 bits per heavy atom. The Kier molecular flexibility index (Phi) is 12.1. The molecule has 0 spiro atoms. The maximum absolute atomic E-state index is 6.39. The molecular weight excluding hydrogens is 258 g/mol. The van der Waals surface area contributed by atoms with Gasteiger partial charge in [0, 0.05) is 24.0 Å². The Bertz CT molecular complexity index is 202. The maximum Gasteiger partial charge on any atom is 0.0350 e. The summed E-state index contributed by atoms with van der Waals surface area (Å²) in [4.78, 5) is 0. The molecule has 0 aliphatic carbocycles. The summed E-state index contributed by atoms with van der Waals surface area (Å²) in [7, 11) is 0. The van der Waals surface area contributed by atoms with Gasteiger partial charge in [0.25, 0.3) is 0 Å². The van der Waals surface area contributed by atoms with Crippen LogP contribution < -0.4 is 17.2 Å². The summed E-state index contributed by atoms with van der Waals surface area (Å²) < 4.78 is 0. The quantitative estimate of drug-likeness (QED) is 0.421. The van der Waals surface area contributed by atoms with E-state index in [9.17, 15) is 0 Å². The lowest BCUT2D eigenvalue weighted by molar-refractivity contribution is 0.502. The van der Waals surface area contributed by atoms with Crippen LogP contribution in [0.5, 0.6) is 0 Å². The van der Waals surface area contributed by atoms with Crippen LogP contribution in [0, 0.1) is 0 Å². The van der Waals surface area contributed by atoms with Crippen molar-refractivity contribution in [1.82, 2.24) is 11.5 Å². The Balaban J connectivity index is 0.00000324. The van der Waals surface area contributed by atoms with Gasteiger partial charge in [0.15, 0.2) is 0 Å². The van der Waals surface area contributed by atoms with Gasteiger partial charge in [0.1, 0.15) is 0 Å². The van der Waals surface area contributed by atoms with Gasteiger partial charge in [-0.25, -0.2) is 0 Å². The van der Waals surface area contributed by atoms with Crippen LogP contribution in [0.2, 0.25) is 0 Å². The van der Waals surface area contributed by atoms with E-state index in [0.717, 1.165) is 19.4 Å². The van der Waals surface area contributed by atoms with Crippen molar-refractivity contribution in [2.75, 3.05) is 6.54 Å². The lowest BCUT2D eigenvalue weighted by Gasteiger charge is -2.15. The van der Waals surface area contributed by atoms with Crippen LogP contribution in [0.25, 0.3) is 0 Å². The van der Waals surface area contributed by atoms with E-state index in [1.54, 1.807) is 0 Å². The van der Waals surface area contributed by atoms with Crippen molar-refractivity contribution in [2.24, 2.45) is 5.73 Å². The van der Waals surface area contributed by atoms with Crippen molar-refractivity contribution >= 4 is 11.6 Å². The van der Waals surface area contributed by atoms with Crippen LogP contribution in [-0.4, -0.2) is 24.0 Å². The average molecular weight is 292 g/mol. The Morgan fingerprint density at radius 2 is 1.79 bits per heavy atom. The molecule has 3 nitrogen and oxygen atoms in total. The second-order valence-corrected chi connectivity index (χ2v) is 6.46. The summed E-state index contributed by atoms with van der Waals surface area (Å²) in [6.45, 7) is 3.23. The van der Waals surface area contributed by atoms with Gasteiger partial charge in [-0.2, -0.15) is 0 Å². The third kappa shape index (κ3) is 9.67. The van der Waals surface area contributed by atoms with E-state index in [0.29, 0.717) is 17.5 Å². The van der Waals surface area contributed by atoms with Crippen molar-refractivity contribution in [2.45, 2.75) is 88.6 Å². The number of alkyl halides is 1. The number of hydrogen-bond donors (Lipinski definition) is 3. The second kappa shape index (κ2) is 12.0. The van der Waals surface area contributed by atoms with E-state index in [1.165, 1.54) is 51.4 Å². The van der Waals surface area contributed by atoms with E-state index in [4.69, 9.17) is 17.3 Å². The van der Waals surface area contributed by atoms with E-state index < -0.39 is 0 Å². The van der Waals surface area contributed by atoms with Gasteiger partial charge in [0.05, 0.1) is 0 Å². The number of nitrogens with two attached hydrogens (primary N) is 1. The minimum Gasteiger partial charge on any atom is -0.344 e. The van der Waals surface area contributed by atoms with Crippen LogP contribution in [0.15, 0.2) is 0 Å². The molecule has 1 fully saturated rings. The topological polar surface area (TPSA) is 73.0 Å². The van der Waals surface area contributed by atoms with Crippen molar-refractivity contribution in [3.8, 4) is 0 Å². The van der Waals surface area contributed by atoms with Gasteiger partial charge in [0.2, 0.25) is 0 Å². The van der Waals surface area contributed by atoms with Crippen molar-refractivity contribution in [3.63, 3.8) is 0 Å². The summed E-state index contributed by atoms with van der Waals surface area (Å²) in [6.07, 6.45) is 12.9. The molecule has 3 unspecified atom stereocenters. The fraction of sp³-hybridized carbons (Fsp3) is 1.00. The monoisotopic (exact) mass is 291 g/mol. The minimum absolute atomic E-state index is 0. The third-order valence-corrected chi connectivity index (χ3v) is 4.31. The highest BCUT2D eigenvalue weighted by molar-refractivity contribution is 6.20. The lowest BCUT2D eigenvalue weighted by atomic mass is 10.0. The first-order chi connectivity index (χ1) is 8.72. The van der Waals surface area contributed by atoms with Crippen LogP contribution in [-0.2, 0) is 0 Å². The summed E-state index contributed by atoms with van der Waals surface area (Å²) in [5.41, 5.74) is 5.87. The van der Waals surface area contributed by atoms with Crippen LogP contribution in [0.1, 0.15) is 71.1 Å². The van der Waals surface area contributed by atoms with E-state index in [2.05, 4.69) is 12.2 Å². The number of nitrogens with one attached hydrogen (secondary N) is 1. The van der Waals surface area contributed by atoms with Crippen molar-refractivity contribution in [3.05, 3.63) is 0 Å². The predicted octanol–water partition coefficient (Wildman–Crippen LogP) is 3.98. The molecule has 1 rings (SSSR count). The molecule has 0 bridgehead atoms. The molecule has 1 heterocycles. The highest BCUT2D eigenvalue weighted by atomic mass is 35.5. The number of hydrogen-bond acceptors (Lipinski definition) is 3. The molecule has 0 aromatic heterocycles. The van der Waals surface area contributed by atoms with Gasteiger partial charge >= 0.3 is 0 Å². The fourth-order valence-electron chi connectivity index (χ4n) is 2.78. The minimum atomic E-state index is 0. The molecule has 1 aliphatic rings. The van der Waals surface area contributed by atoms with Gasteiger partial charge < -0.3 is 17.2 Å². The standard InChI is InChI=1S/C15H31ClN2.H3N/c1-2-3-4-5-6-7-8-9-13(16)10-15-11-14(17)12-18-15;/h13-15,18H,2-12,17H2,1H3;1H3. The van der Waals surface area contributed by atoms with Crippen LogP contribution in [0.4, 0.5) is 0 Å². The molecular formula is C15H34ClN3. The maximum atomic E-state index is 6.39. The first-order valence-corrected chi connectivity index (χ1v) is 8.29. The molecule has 1 saturated heterocycles. The smallest absolute Gasteiger partial charge is 0.0350 e. The van der Waals surface area contributed by atoms with Gasteiger partial charge in [-0.3, -0.25) is 0 Å². The highest BCUT2D eigenvalue weighted by Crippen LogP contribution is 2.19. The summed E-state index contributed by atoms with van der Waals surface area (Å²) in [5.74, 6) is 0. The van der Waals surface area contributed by atoms with Gasteiger partial charge in [-0.1, -0.05) is 51.9 Å². The molecule has 4 heteroatoms. The zero-order chi connectivity index (χ0) is 13.2. The lowest BCUT2D eigenvalue weighted by Crippen LogP contribution is -2.25. The Hall–Kier alpha value is 0.170. The molecule has 19 heavy (non-hydrogen) atoms. The largest absolute Gasteiger partial charge is 0.344 e. The summed E-state index contributed by atoms with van der Waals surface area (Å²) >= 11 is 6.39. The number of rotatable bonds is 10. The molecule has 0 saturated carbocycles. The molecule has 6 N–H and O–H groups in total. The molecule has 0 aromatic rings. The normalized spacial score (nSPS) is 24.2. The van der Waals surface area contributed by atoms with Crippen LogP contribution in [0.3, 0.4) is 0 Å². The van der Waals surface area contributed by atoms with E-state index >= 15 is 0 Å². The molecule has 1 aliphatic heterocycles. The molecule has 0 radical (unpaired) electrons. The highest BCUT2D eigenvalue weighted by Gasteiger charge is 2.22. The molecule has 116 valence electrons. The molecule has 0 amide bonds. The Morgan fingerprint density at radius 3 is 2.37 bits per heavy atom. The summed E-state index contributed by atoms with van der Waals surface area (Å²) in [5, 5.41) is 3.79. The van der Waals surface area contributed by atoms with Gasteiger partial charge in [-0.15, -0.1) is 11.6 Å². The number of halogens is 1. The first-order valence-electron chi connectivity index (χ1n) is 7.85. The molecule has 3 atom stereocenters. The van der Waals surface area contributed by atoms with Crippen LogP contribution >= 0.6 is 11.6 Å². The van der Waals surface area contributed by atoms with Crippen molar-refractivity contribution < 1.29 is 0 Å². The third-order valence-electron chi connectivity index (χ3n) is 3.92. The fourth-order valence-corrected chi connectivity index (χ4v) is 3.15. The Labute approximate surface area is 124 Å². The SMILES string of the molecule is CCCCCCCCCC(Cl)CC1CC(N)CN1.N.